The van der Waals surface area contributed by atoms with E-state index in [0.29, 0.717) is 0 Å². The van der Waals surface area contributed by atoms with Gasteiger partial charge in [-0.25, -0.2) is 0 Å². The number of rotatable bonds is 3. The zero-order valence-corrected chi connectivity index (χ0v) is 9.51. The monoisotopic (exact) mass is 210 g/mol. The van der Waals surface area contributed by atoms with Crippen LogP contribution in [0.4, 0.5) is 0 Å². The number of benzene rings is 1. The Morgan fingerprint density at radius 1 is 1.29 bits per heavy atom. The highest BCUT2D eigenvalue weighted by atomic mass is 35.5. The van der Waals surface area contributed by atoms with E-state index in [-0.39, 0.29) is 17.1 Å². The van der Waals surface area contributed by atoms with Crippen LogP contribution in [-0.4, -0.2) is 5.24 Å². The molecule has 0 heterocycles. The summed E-state index contributed by atoms with van der Waals surface area (Å²) in [4.78, 5) is 11.3. The Morgan fingerprint density at radius 3 is 2.29 bits per heavy atom. The summed E-state index contributed by atoms with van der Waals surface area (Å²) in [5.41, 5.74) is 2.17. The number of hydrogen-bond acceptors (Lipinski definition) is 1. The van der Waals surface area contributed by atoms with Crippen LogP contribution in [0, 0.1) is 12.8 Å². The van der Waals surface area contributed by atoms with Crippen molar-refractivity contribution in [2.45, 2.75) is 26.7 Å². The molecular formula is C12H15ClO. The van der Waals surface area contributed by atoms with E-state index in [1.54, 1.807) is 0 Å². The van der Waals surface area contributed by atoms with E-state index in [4.69, 9.17) is 11.6 Å². The minimum Gasteiger partial charge on any atom is -0.281 e. The Hall–Kier alpha value is -0.820. The van der Waals surface area contributed by atoms with Crippen molar-refractivity contribution in [1.29, 1.82) is 0 Å². The molecular weight excluding hydrogens is 196 g/mol. The van der Waals surface area contributed by atoms with Crippen LogP contribution in [0.1, 0.15) is 30.9 Å². The molecule has 0 amide bonds. The Balaban J connectivity index is 3.12. The van der Waals surface area contributed by atoms with Gasteiger partial charge >= 0.3 is 0 Å². The molecule has 0 radical (unpaired) electrons. The van der Waals surface area contributed by atoms with Crippen LogP contribution < -0.4 is 0 Å². The summed E-state index contributed by atoms with van der Waals surface area (Å²) in [6.07, 6.45) is 0. The van der Waals surface area contributed by atoms with Gasteiger partial charge in [0.05, 0.1) is 5.92 Å². The number of carbonyl (C=O) groups excluding carboxylic acids is 1. The van der Waals surface area contributed by atoms with Gasteiger partial charge in [0, 0.05) is 0 Å². The van der Waals surface area contributed by atoms with E-state index < -0.39 is 0 Å². The third-order valence-corrected chi connectivity index (χ3v) is 2.67. The SMILES string of the molecule is Cc1ccccc1C(C(=O)Cl)C(C)C. The summed E-state index contributed by atoms with van der Waals surface area (Å²) in [5.74, 6) is 0.0546. The van der Waals surface area contributed by atoms with Crippen molar-refractivity contribution in [3.8, 4) is 0 Å². The second-order valence-corrected chi connectivity index (χ2v) is 4.25. The highest BCUT2D eigenvalue weighted by Crippen LogP contribution is 2.28. The second kappa shape index (κ2) is 4.61. The molecule has 0 N–H and O–H groups in total. The molecule has 1 rings (SSSR count). The standard InChI is InChI=1S/C12H15ClO/c1-8(2)11(12(13)14)10-7-5-4-6-9(10)3/h4-8,11H,1-3H3. The van der Waals surface area contributed by atoms with Gasteiger partial charge in [0.15, 0.2) is 0 Å². The zero-order chi connectivity index (χ0) is 10.7. The molecule has 1 aromatic rings. The number of hydrogen-bond donors (Lipinski definition) is 0. The summed E-state index contributed by atoms with van der Waals surface area (Å²) in [6.45, 7) is 6.03. The average Bonchev–Trinajstić information content (AvgIpc) is 2.07. The third kappa shape index (κ3) is 2.36. The van der Waals surface area contributed by atoms with Crippen molar-refractivity contribution >= 4 is 16.8 Å². The van der Waals surface area contributed by atoms with E-state index >= 15 is 0 Å². The first-order chi connectivity index (χ1) is 6.54. The highest BCUT2D eigenvalue weighted by molar-refractivity contribution is 6.64. The smallest absolute Gasteiger partial charge is 0.229 e. The van der Waals surface area contributed by atoms with Crippen LogP contribution in [-0.2, 0) is 4.79 Å². The normalized spacial score (nSPS) is 12.9. The highest BCUT2D eigenvalue weighted by Gasteiger charge is 2.23. The van der Waals surface area contributed by atoms with Crippen LogP contribution in [0.25, 0.3) is 0 Å². The predicted molar refractivity (Wildman–Crippen MR) is 59.6 cm³/mol. The van der Waals surface area contributed by atoms with E-state index in [1.165, 1.54) is 0 Å². The molecule has 1 nitrogen and oxygen atoms in total. The lowest BCUT2D eigenvalue weighted by Gasteiger charge is -2.18. The van der Waals surface area contributed by atoms with Crippen molar-refractivity contribution in [2.24, 2.45) is 5.92 Å². The number of aryl methyl sites for hydroxylation is 1. The van der Waals surface area contributed by atoms with Crippen molar-refractivity contribution in [2.75, 3.05) is 0 Å². The van der Waals surface area contributed by atoms with Crippen molar-refractivity contribution in [3.05, 3.63) is 35.4 Å². The molecule has 0 aliphatic rings. The van der Waals surface area contributed by atoms with E-state index in [0.717, 1.165) is 11.1 Å². The van der Waals surface area contributed by atoms with Gasteiger partial charge in [-0.2, -0.15) is 0 Å². The molecule has 1 atom stereocenters. The lowest BCUT2D eigenvalue weighted by Crippen LogP contribution is -2.14. The summed E-state index contributed by atoms with van der Waals surface area (Å²) in [7, 11) is 0. The Bertz CT molecular complexity index is 331. The number of carbonyl (C=O) groups is 1. The van der Waals surface area contributed by atoms with Crippen LogP contribution in [0.3, 0.4) is 0 Å². The first kappa shape index (κ1) is 11.3. The van der Waals surface area contributed by atoms with Crippen LogP contribution in [0.5, 0.6) is 0 Å². The van der Waals surface area contributed by atoms with Crippen LogP contribution >= 0.6 is 11.6 Å². The van der Waals surface area contributed by atoms with Gasteiger partial charge in [0.1, 0.15) is 0 Å². The number of halogens is 1. The van der Waals surface area contributed by atoms with Crippen molar-refractivity contribution in [1.82, 2.24) is 0 Å². The van der Waals surface area contributed by atoms with Gasteiger partial charge in [-0.1, -0.05) is 38.1 Å². The minimum atomic E-state index is -0.269. The van der Waals surface area contributed by atoms with E-state index in [2.05, 4.69) is 0 Å². The zero-order valence-electron chi connectivity index (χ0n) is 8.75. The van der Waals surface area contributed by atoms with Gasteiger partial charge in [-0.3, -0.25) is 4.79 Å². The summed E-state index contributed by atoms with van der Waals surface area (Å²) in [5, 5.41) is -0.269. The fraction of sp³-hybridized carbons (Fsp3) is 0.417. The Morgan fingerprint density at radius 2 is 1.86 bits per heavy atom. The lowest BCUT2D eigenvalue weighted by atomic mass is 9.87. The quantitative estimate of drug-likeness (QED) is 0.698. The lowest BCUT2D eigenvalue weighted by molar-refractivity contribution is -0.113. The molecule has 1 unspecified atom stereocenters. The molecule has 0 aliphatic heterocycles. The molecule has 0 aromatic heterocycles. The molecule has 0 fully saturated rings. The molecule has 2 heteroatoms. The molecule has 0 saturated heterocycles. The van der Waals surface area contributed by atoms with Gasteiger partial charge in [-0.15, -0.1) is 0 Å². The summed E-state index contributed by atoms with van der Waals surface area (Å²) < 4.78 is 0. The van der Waals surface area contributed by atoms with E-state index in [1.807, 2.05) is 45.0 Å². The maximum absolute atomic E-state index is 11.3. The van der Waals surface area contributed by atoms with Crippen LogP contribution in [0.2, 0.25) is 0 Å². The molecule has 76 valence electrons. The Kier molecular flexibility index (Phi) is 3.70. The molecule has 0 aliphatic carbocycles. The van der Waals surface area contributed by atoms with Gasteiger partial charge in [-0.05, 0) is 35.6 Å². The molecule has 0 saturated carbocycles. The molecule has 0 bridgehead atoms. The van der Waals surface area contributed by atoms with E-state index in [9.17, 15) is 4.79 Å². The largest absolute Gasteiger partial charge is 0.281 e. The molecule has 1 aromatic carbocycles. The van der Waals surface area contributed by atoms with Gasteiger partial charge < -0.3 is 0 Å². The minimum absolute atomic E-state index is 0.183. The van der Waals surface area contributed by atoms with Gasteiger partial charge in [0.25, 0.3) is 0 Å². The molecule has 14 heavy (non-hydrogen) atoms. The first-order valence-corrected chi connectivity index (χ1v) is 5.16. The first-order valence-electron chi connectivity index (χ1n) is 4.79. The fourth-order valence-electron chi connectivity index (χ4n) is 1.68. The second-order valence-electron chi connectivity index (χ2n) is 3.88. The Labute approximate surface area is 90.1 Å². The summed E-state index contributed by atoms with van der Waals surface area (Å²) in [6, 6.07) is 7.89. The maximum atomic E-state index is 11.3. The topological polar surface area (TPSA) is 17.1 Å². The maximum Gasteiger partial charge on any atom is 0.229 e. The fourth-order valence-corrected chi connectivity index (χ4v) is 2.05. The predicted octanol–water partition coefficient (Wildman–Crippen LogP) is 3.50. The van der Waals surface area contributed by atoms with Crippen molar-refractivity contribution in [3.63, 3.8) is 0 Å². The van der Waals surface area contributed by atoms with Gasteiger partial charge in [0.2, 0.25) is 5.24 Å². The summed E-state index contributed by atoms with van der Waals surface area (Å²) >= 11 is 5.61. The van der Waals surface area contributed by atoms with Crippen LogP contribution in [0.15, 0.2) is 24.3 Å². The molecule has 0 spiro atoms. The average molecular weight is 211 g/mol. The van der Waals surface area contributed by atoms with Crippen molar-refractivity contribution < 1.29 is 4.79 Å². The third-order valence-electron chi connectivity index (χ3n) is 2.43.